The van der Waals surface area contributed by atoms with Gasteiger partial charge in [0.2, 0.25) is 5.91 Å². The predicted octanol–water partition coefficient (Wildman–Crippen LogP) is 1.63. The minimum atomic E-state index is -0.855. The molecule has 1 aromatic rings. The molecule has 2 rings (SSSR count). The number of carbonyl (C=O) groups is 3. The van der Waals surface area contributed by atoms with Crippen LogP contribution >= 0.6 is 11.3 Å². The molecule has 0 unspecified atom stereocenters. The first-order valence-corrected chi connectivity index (χ1v) is 8.23. The van der Waals surface area contributed by atoms with Gasteiger partial charge in [0.1, 0.15) is 0 Å². The van der Waals surface area contributed by atoms with Crippen LogP contribution in [0, 0.1) is 5.41 Å². The highest BCUT2D eigenvalue weighted by Gasteiger charge is 2.39. The zero-order chi connectivity index (χ0) is 16.0. The van der Waals surface area contributed by atoms with Crippen molar-refractivity contribution in [3.05, 3.63) is 22.4 Å². The summed E-state index contributed by atoms with van der Waals surface area (Å²) in [6.45, 7) is -0.0253. The lowest BCUT2D eigenvalue weighted by Gasteiger charge is -2.33. The molecule has 0 aromatic carbocycles. The van der Waals surface area contributed by atoms with Crippen molar-refractivity contribution in [3.63, 3.8) is 0 Å². The van der Waals surface area contributed by atoms with Crippen LogP contribution in [0.1, 0.15) is 41.8 Å². The van der Waals surface area contributed by atoms with Gasteiger partial charge in [-0.25, -0.2) is 0 Å². The third-order valence-electron chi connectivity index (χ3n) is 4.04. The van der Waals surface area contributed by atoms with Gasteiger partial charge in [-0.2, -0.15) is 0 Å². The molecule has 0 saturated heterocycles. The summed E-state index contributed by atoms with van der Waals surface area (Å²) in [6.07, 6.45) is 3.96. The Morgan fingerprint density at radius 1 is 1.18 bits per heavy atom. The lowest BCUT2D eigenvalue weighted by Crippen LogP contribution is -2.46. The number of carboxylic acids is 1. The molecule has 0 spiro atoms. The first-order chi connectivity index (χ1) is 10.5. The lowest BCUT2D eigenvalue weighted by atomic mass is 9.74. The second kappa shape index (κ2) is 7.40. The van der Waals surface area contributed by atoms with Crippen LogP contribution in [-0.2, 0) is 9.59 Å². The van der Waals surface area contributed by atoms with Crippen LogP contribution in [0.2, 0.25) is 0 Å². The van der Waals surface area contributed by atoms with E-state index in [0.29, 0.717) is 17.7 Å². The number of aliphatic carboxylic acids is 1. The second-order valence-electron chi connectivity index (χ2n) is 5.58. The molecule has 1 heterocycles. The number of carbonyl (C=O) groups excluding carboxylic acids is 2. The summed E-state index contributed by atoms with van der Waals surface area (Å²) in [4.78, 5) is 35.6. The minimum Gasteiger partial charge on any atom is -0.481 e. The summed E-state index contributed by atoms with van der Waals surface area (Å²) < 4.78 is 0. The zero-order valence-corrected chi connectivity index (χ0v) is 13.1. The summed E-state index contributed by atoms with van der Waals surface area (Å²) in [6, 6.07) is 3.44. The summed E-state index contributed by atoms with van der Waals surface area (Å²) in [7, 11) is 0. The van der Waals surface area contributed by atoms with Gasteiger partial charge in [-0.15, -0.1) is 11.3 Å². The summed E-state index contributed by atoms with van der Waals surface area (Å²) in [5, 5.41) is 16.4. The van der Waals surface area contributed by atoms with E-state index in [2.05, 4.69) is 10.6 Å². The number of carboxylic acid groups (broad SMARTS) is 1. The first kappa shape index (κ1) is 16.5. The maximum atomic E-state index is 11.8. The highest BCUT2D eigenvalue weighted by molar-refractivity contribution is 7.12. The molecule has 120 valence electrons. The Bertz CT molecular complexity index is 536. The number of nitrogens with one attached hydrogen (secondary N) is 2. The Balaban J connectivity index is 1.79. The molecule has 22 heavy (non-hydrogen) atoms. The summed E-state index contributed by atoms with van der Waals surface area (Å²) in [5.74, 6) is -1.51. The van der Waals surface area contributed by atoms with E-state index in [-0.39, 0.29) is 24.9 Å². The van der Waals surface area contributed by atoms with Crippen LogP contribution in [0.25, 0.3) is 0 Å². The first-order valence-electron chi connectivity index (χ1n) is 7.35. The number of hydrogen-bond acceptors (Lipinski definition) is 4. The van der Waals surface area contributed by atoms with Gasteiger partial charge >= 0.3 is 5.97 Å². The fraction of sp³-hybridized carbons (Fsp3) is 0.533. The van der Waals surface area contributed by atoms with Gasteiger partial charge in [0.25, 0.3) is 5.91 Å². The molecule has 1 saturated carbocycles. The highest BCUT2D eigenvalue weighted by Crippen LogP contribution is 2.35. The van der Waals surface area contributed by atoms with E-state index in [1.165, 1.54) is 11.3 Å². The van der Waals surface area contributed by atoms with Gasteiger partial charge in [-0.05, 0) is 24.3 Å². The molecule has 1 fully saturated rings. The van der Waals surface area contributed by atoms with E-state index in [9.17, 15) is 19.5 Å². The van der Waals surface area contributed by atoms with E-state index < -0.39 is 11.4 Å². The highest BCUT2D eigenvalue weighted by atomic mass is 32.1. The predicted molar refractivity (Wildman–Crippen MR) is 82.8 cm³/mol. The van der Waals surface area contributed by atoms with Crippen LogP contribution in [0.4, 0.5) is 0 Å². The van der Waals surface area contributed by atoms with Gasteiger partial charge in [-0.1, -0.05) is 25.3 Å². The molecule has 3 N–H and O–H groups in total. The smallest absolute Gasteiger partial charge is 0.311 e. The molecule has 2 amide bonds. The van der Waals surface area contributed by atoms with Gasteiger partial charge in [0.05, 0.1) is 16.8 Å². The molecule has 1 aliphatic carbocycles. The Labute approximate surface area is 132 Å². The number of hydrogen-bond donors (Lipinski definition) is 3. The largest absolute Gasteiger partial charge is 0.481 e. The maximum absolute atomic E-state index is 11.8. The minimum absolute atomic E-state index is 0.121. The number of amides is 2. The molecular weight excluding hydrogens is 304 g/mol. The van der Waals surface area contributed by atoms with E-state index in [1.54, 1.807) is 17.5 Å². The summed E-state index contributed by atoms with van der Waals surface area (Å²) >= 11 is 1.30. The van der Waals surface area contributed by atoms with Crippen LogP contribution in [0.15, 0.2) is 17.5 Å². The molecule has 1 aromatic heterocycles. The molecular formula is C15H20N2O4S. The van der Waals surface area contributed by atoms with Crippen molar-refractivity contribution in [2.45, 2.75) is 32.1 Å². The summed E-state index contributed by atoms with van der Waals surface area (Å²) in [5.41, 5.74) is -0.855. The van der Waals surface area contributed by atoms with Crippen LogP contribution in [0.5, 0.6) is 0 Å². The monoisotopic (exact) mass is 324 g/mol. The molecule has 0 radical (unpaired) electrons. The Kier molecular flexibility index (Phi) is 5.54. The zero-order valence-electron chi connectivity index (χ0n) is 12.3. The van der Waals surface area contributed by atoms with Crippen molar-refractivity contribution >= 4 is 29.1 Å². The van der Waals surface area contributed by atoms with Crippen LogP contribution in [-0.4, -0.2) is 36.0 Å². The van der Waals surface area contributed by atoms with Crippen molar-refractivity contribution in [2.24, 2.45) is 5.41 Å². The van der Waals surface area contributed by atoms with Gasteiger partial charge in [-0.3, -0.25) is 14.4 Å². The second-order valence-corrected chi connectivity index (χ2v) is 6.53. The fourth-order valence-electron chi connectivity index (χ4n) is 2.68. The van der Waals surface area contributed by atoms with Gasteiger partial charge < -0.3 is 15.7 Å². The maximum Gasteiger partial charge on any atom is 0.311 e. The lowest BCUT2D eigenvalue weighted by molar-refractivity contribution is -0.151. The normalized spacial score (nSPS) is 16.7. The van der Waals surface area contributed by atoms with Crippen molar-refractivity contribution in [2.75, 3.05) is 13.1 Å². The molecule has 0 atom stereocenters. The van der Waals surface area contributed by atoms with Gasteiger partial charge in [0, 0.05) is 6.54 Å². The Morgan fingerprint density at radius 2 is 1.91 bits per heavy atom. The fourth-order valence-corrected chi connectivity index (χ4v) is 3.32. The molecule has 1 aliphatic rings. The van der Waals surface area contributed by atoms with Gasteiger partial charge in [0.15, 0.2) is 0 Å². The van der Waals surface area contributed by atoms with Crippen LogP contribution in [0.3, 0.4) is 0 Å². The average Bonchev–Trinajstić information content (AvgIpc) is 3.06. The SMILES string of the molecule is O=C(CNC(=O)c1cccs1)NCC1(C(=O)O)CCCCC1. The molecule has 6 nitrogen and oxygen atoms in total. The van der Waals surface area contributed by atoms with Crippen LogP contribution < -0.4 is 10.6 Å². The standard InChI is InChI=1S/C15H20N2O4S/c18-12(9-16-13(19)11-5-4-8-22-11)17-10-15(14(20)21)6-2-1-3-7-15/h4-5,8H,1-3,6-7,9-10H2,(H,16,19)(H,17,18)(H,20,21). The molecule has 0 aliphatic heterocycles. The van der Waals surface area contributed by atoms with Crippen molar-refractivity contribution in [3.8, 4) is 0 Å². The average molecular weight is 324 g/mol. The Morgan fingerprint density at radius 3 is 2.50 bits per heavy atom. The van der Waals surface area contributed by atoms with E-state index >= 15 is 0 Å². The molecule has 0 bridgehead atoms. The topological polar surface area (TPSA) is 95.5 Å². The van der Waals surface area contributed by atoms with E-state index in [4.69, 9.17) is 0 Å². The van der Waals surface area contributed by atoms with E-state index in [1.807, 2.05) is 0 Å². The third kappa shape index (κ3) is 4.07. The quantitative estimate of drug-likeness (QED) is 0.741. The third-order valence-corrected chi connectivity index (χ3v) is 4.91. The van der Waals surface area contributed by atoms with Crippen molar-refractivity contribution < 1.29 is 19.5 Å². The Hall–Kier alpha value is -1.89. The van der Waals surface area contributed by atoms with Crippen molar-refractivity contribution in [1.29, 1.82) is 0 Å². The molecule has 7 heteroatoms. The number of thiophene rings is 1. The van der Waals surface area contributed by atoms with E-state index in [0.717, 1.165) is 19.3 Å². The van der Waals surface area contributed by atoms with Crippen molar-refractivity contribution in [1.82, 2.24) is 10.6 Å². The number of rotatable bonds is 6.